The zero-order valence-corrected chi connectivity index (χ0v) is 17.5. The van der Waals surface area contributed by atoms with Crippen molar-refractivity contribution in [3.05, 3.63) is 54.1 Å². The summed E-state index contributed by atoms with van der Waals surface area (Å²) in [5, 5.41) is 4.17. The number of aromatic nitrogens is 2. The van der Waals surface area contributed by atoms with E-state index >= 15 is 0 Å². The van der Waals surface area contributed by atoms with E-state index in [2.05, 4.69) is 76.6 Å². The van der Waals surface area contributed by atoms with Gasteiger partial charge < -0.3 is 14.8 Å². The molecule has 1 aromatic heterocycles. The predicted molar refractivity (Wildman–Crippen MR) is 115 cm³/mol. The molecule has 3 rings (SSSR count). The molecule has 0 bridgehead atoms. The fraction of sp³-hybridized carbons (Fsp3) is 0.524. The van der Waals surface area contributed by atoms with Gasteiger partial charge in [0.2, 0.25) is 0 Å². The zero-order valence-electron chi connectivity index (χ0n) is 16.6. The quantitative estimate of drug-likeness (QED) is 0.611. The lowest BCUT2D eigenvalue weighted by atomic mass is 10.1. The number of guanidine groups is 1. The molecule has 1 N–H and O–H groups in total. The zero-order chi connectivity index (χ0) is 19.1. The van der Waals surface area contributed by atoms with Gasteiger partial charge in [0, 0.05) is 49.6 Å². The normalized spacial score (nSPS) is 18.1. The summed E-state index contributed by atoms with van der Waals surface area (Å²) in [5.74, 6) is 2.91. The van der Waals surface area contributed by atoms with Crippen LogP contribution in [-0.2, 0) is 13.1 Å². The van der Waals surface area contributed by atoms with E-state index < -0.39 is 0 Å². The SMILES string of the molecule is CCNC(=NCc1cccc(Cn2ccnc2)c1)N1CCSC(C(C)C)C1. The molecule has 0 radical (unpaired) electrons. The predicted octanol–water partition coefficient (Wildman–Crippen LogP) is 3.47. The maximum atomic E-state index is 4.94. The highest BCUT2D eigenvalue weighted by Gasteiger charge is 2.24. The lowest BCUT2D eigenvalue weighted by Crippen LogP contribution is -2.49. The Kier molecular flexibility index (Phi) is 7.21. The van der Waals surface area contributed by atoms with Gasteiger partial charge in [-0.15, -0.1) is 0 Å². The molecule has 0 aliphatic carbocycles. The number of thioether (sulfide) groups is 1. The van der Waals surface area contributed by atoms with E-state index in [9.17, 15) is 0 Å². The van der Waals surface area contributed by atoms with Gasteiger partial charge in [0.25, 0.3) is 0 Å². The average molecular weight is 386 g/mol. The van der Waals surface area contributed by atoms with Crippen molar-refractivity contribution >= 4 is 17.7 Å². The summed E-state index contributed by atoms with van der Waals surface area (Å²) >= 11 is 2.10. The van der Waals surface area contributed by atoms with Crippen LogP contribution in [0.3, 0.4) is 0 Å². The Morgan fingerprint density at radius 1 is 1.37 bits per heavy atom. The summed E-state index contributed by atoms with van der Waals surface area (Å²) in [7, 11) is 0. The molecule has 0 spiro atoms. The number of nitrogens with zero attached hydrogens (tertiary/aromatic N) is 4. The molecule has 6 heteroatoms. The van der Waals surface area contributed by atoms with E-state index in [1.165, 1.54) is 16.9 Å². The second kappa shape index (κ2) is 9.83. The third-order valence-electron chi connectivity index (χ3n) is 4.80. The van der Waals surface area contributed by atoms with Crippen LogP contribution in [0.25, 0.3) is 0 Å². The minimum absolute atomic E-state index is 0.682. The molecule has 27 heavy (non-hydrogen) atoms. The summed E-state index contributed by atoms with van der Waals surface area (Å²) in [6, 6.07) is 8.69. The lowest BCUT2D eigenvalue weighted by Gasteiger charge is -2.36. The third-order valence-corrected chi connectivity index (χ3v) is 6.34. The number of rotatable bonds is 6. The second-order valence-electron chi connectivity index (χ2n) is 7.32. The largest absolute Gasteiger partial charge is 0.357 e. The van der Waals surface area contributed by atoms with Crippen molar-refractivity contribution in [3.8, 4) is 0 Å². The summed E-state index contributed by atoms with van der Waals surface area (Å²) in [6.07, 6.45) is 5.67. The van der Waals surface area contributed by atoms with Crippen molar-refractivity contribution in [2.75, 3.05) is 25.4 Å². The van der Waals surface area contributed by atoms with E-state index in [4.69, 9.17) is 4.99 Å². The van der Waals surface area contributed by atoms with Crippen LogP contribution in [0, 0.1) is 5.92 Å². The first-order chi connectivity index (χ1) is 13.2. The molecule has 1 atom stereocenters. The monoisotopic (exact) mass is 385 g/mol. The van der Waals surface area contributed by atoms with Gasteiger partial charge >= 0.3 is 0 Å². The van der Waals surface area contributed by atoms with Crippen LogP contribution in [-0.4, -0.2) is 51.0 Å². The van der Waals surface area contributed by atoms with Gasteiger partial charge in [-0.1, -0.05) is 38.1 Å². The highest BCUT2D eigenvalue weighted by atomic mass is 32.2. The minimum Gasteiger partial charge on any atom is -0.357 e. The first-order valence-electron chi connectivity index (χ1n) is 9.84. The molecule has 1 fully saturated rings. The molecule has 1 unspecified atom stereocenters. The van der Waals surface area contributed by atoms with Gasteiger partial charge in [0.15, 0.2) is 5.96 Å². The number of hydrogen-bond donors (Lipinski definition) is 1. The first-order valence-corrected chi connectivity index (χ1v) is 10.9. The number of hydrogen-bond acceptors (Lipinski definition) is 3. The van der Waals surface area contributed by atoms with Gasteiger partial charge in [-0.2, -0.15) is 11.8 Å². The highest BCUT2D eigenvalue weighted by Crippen LogP contribution is 2.25. The highest BCUT2D eigenvalue weighted by molar-refractivity contribution is 8.00. The Morgan fingerprint density at radius 2 is 2.22 bits per heavy atom. The molecule has 1 saturated heterocycles. The minimum atomic E-state index is 0.682. The van der Waals surface area contributed by atoms with Gasteiger partial charge in [-0.3, -0.25) is 0 Å². The van der Waals surface area contributed by atoms with Crippen molar-refractivity contribution in [1.82, 2.24) is 19.8 Å². The first kappa shape index (κ1) is 19.8. The van der Waals surface area contributed by atoms with Crippen LogP contribution < -0.4 is 5.32 Å². The van der Waals surface area contributed by atoms with Crippen molar-refractivity contribution in [2.24, 2.45) is 10.9 Å². The molecule has 1 aliphatic heterocycles. The molecular formula is C21H31N5S. The van der Waals surface area contributed by atoms with Crippen LogP contribution in [0.15, 0.2) is 48.0 Å². The van der Waals surface area contributed by atoms with E-state index in [0.717, 1.165) is 32.1 Å². The Morgan fingerprint density at radius 3 is 2.96 bits per heavy atom. The summed E-state index contributed by atoms with van der Waals surface area (Å²) < 4.78 is 2.09. The van der Waals surface area contributed by atoms with E-state index in [0.29, 0.717) is 17.7 Å². The number of aliphatic imine (C=N–C) groups is 1. The molecule has 2 heterocycles. The average Bonchev–Trinajstić information content (AvgIpc) is 3.18. The number of benzene rings is 1. The standard InChI is InChI=1S/C21H31N5S/c1-4-23-21(26-10-11-27-20(15-26)17(2)3)24-13-18-6-5-7-19(12-18)14-25-9-8-22-16-25/h5-9,12,16-17,20H,4,10-11,13-15H2,1-3H3,(H,23,24). The van der Waals surface area contributed by atoms with Gasteiger partial charge in [-0.05, 0) is 24.0 Å². The van der Waals surface area contributed by atoms with Crippen LogP contribution >= 0.6 is 11.8 Å². The molecule has 0 saturated carbocycles. The van der Waals surface area contributed by atoms with Crippen LogP contribution in [0.5, 0.6) is 0 Å². The summed E-state index contributed by atoms with van der Waals surface area (Å²) in [4.78, 5) is 11.5. The topological polar surface area (TPSA) is 45.5 Å². The van der Waals surface area contributed by atoms with Gasteiger partial charge in [-0.25, -0.2) is 9.98 Å². The Balaban J connectivity index is 1.67. The Hall–Kier alpha value is -1.95. The van der Waals surface area contributed by atoms with Crippen molar-refractivity contribution in [2.45, 2.75) is 39.1 Å². The third kappa shape index (κ3) is 5.76. The summed E-state index contributed by atoms with van der Waals surface area (Å²) in [6.45, 7) is 11.4. The van der Waals surface area contributed by atoms with E-state index in [-0.39, 0.29) is 0 Å². The van der Waals surface area contributed by atoms with Crippen LogP contribution in [0.4, 0.5) is 0 Å². The fourth-order valence-corrected chi connectivity index (χ4v) is 4.58. The molecule has 1 aromatic carbocycles. The number of imidazole rings is 1. The van der Waals surface area contributed by atoms with Crippen LogP contribution in [0.1, 0.15) is 31.9 Å². The Bertz CT molecular complexity index is 726. The number of nitrogens with one attached hydrogen (secondary N) is 1. The van der Waals surface area contributed by atoms with Gasteiger partial charge in [0.1, 0.15) is 0 Å². The molecule has 146 valence electrons. The summed E-state index contributed by atoms with van der Waals surface area (Å²) in [5.41, 5.74) is 2.52. The van der Waals surface area contributed by atoms with E-state index in [1.807, 2.05) is 18.7 Å². The molecular weight excluding hydrogens is 354 g/mol. The fourth-order valence-electron chi connectivity index (χ4n) is 3.28. The smallest absolute Gasteiger partial charge is 0.194 e. The van der Waals surface area contributed by atoms with Crippen molar-refractivity contribution < 1.29 is 0 Å². The van der Waals surface area contributed by atoms with Crippen molar-refractivity contribution in [1.29, 1.82) is 0 Å². The Labute approximate surface area is 167 Å². The van der Waals surface area contributed by atoms with E-state index in [1.54, 1.807) is 0 Å². The molecule has 1 aliphatic rings. The molecule has 2 aromatic rings. The maximum absolute atomic E-state index is 4.94. The molecule has 5 nitrogen and oxygen atoms in total. The lowest BCUT2D eigenvalue weighted by molar-refractivity contribution is 0.381. The maximum Gasteiger partial charge on any atom is 0.194 e. The second-order valence-corrected chi connectivity index (χ2v) is 8.67. The molecule has 0 amide bonds. The van der Waals surface area contributed by atoms with Crippen molar-refractivity contribution in [3.63, 3.8) is 0 Å². The van der Waals surface area contributed by atoms with Crippen LogP contribution in [0.2, 0.25) is 0 Å². The van der Waals surface area contributed by atoms with Gasteiger partial charge in [0.05, 0.1) is 12.9 Å².